The molecule has 1 heterocycles. The molecule has 0 aliphatic heterocycles. The Morgan fingerprint density at radius 2 is 1.87 bits per heavy atom. The van der Waals surface area contributed by atoms with Crippen molar-refractivity contribution >= 4 is 34.2 Å². The third-order valence-corrected chi connectivity index (χ3v) is 6.21. The maximum Gasteiger partial charge on any atom is 0.322 e. The predicted octanol–water partition coefficient (Wildman–Crippen LogP) is 5.78. The van der Waals surface area contributed by atoms with E-state index in [1.54, 1.807) is 23.1 Å². The highest BCUT2D eigenvalue weighted by molar-refractivity contribution is 6.30. The van der Waals surface area contributed by atoms with Crippen molar-refractivity contribution in [1.82, 2.24) is 9.88 Å². The number of hydrogen-bond donors (Lipinski definition) is 2. The number of carbonyl (C=O) groups excluding carboxylic acids is 1. The zero-order valence-corrected chi connectivity index (χ0v) is 18.1. The van der Waals surface area contributed by atoms with Gasteiger partial charge in [-0.15, -0.1) is 0 Å². The fourth-order valence-corrected chi connectivity index (χ4v) is 4.36. The number of benzene rings is 2. The van der Waals surface area contributed by atoms with E-state index in [-0.39, 0.29) is 24.2 Å². The summed E-state index contributed by atoms with van der Waals surface area (Å²) in [4.78, 5) is 30.7. The summed E-state index contributed by atoms with van der Waals surface area (Å²) in [6, 6.07) is 13.0. The van der Waals surface area contributed by atoms with Gasteiger partial charge >= 0.3 is 6.03 Å². The number of halogens is 1. The molecule has 0 unspecified atom stereocenters. The maximum absolute atomic E-state index is 13.1. The highest BCUT2D eigenvalue weighted by atomic mass is 35.5. The number of urea groups is 1. The van der Waals surface area contributed by atoms with E-state index in [4.69, 9.17) is 11.6 Å². The minimum atomic E-state index is -0.205. The first-order valence-electron chi connectivity index (χ1n) is 10.4. The van der Waals surface area contributed by atoms with Gasteiger partial charge in [0.15, 0.2) is 0 Å². The van der Waals surface area contributed by atoms with E-state index < -0.39 is 0 Å². The van der Waals surface area contributed by atoms with Crippen LogP contribution in [0, 0.1) is 13.8 Å². The summed E-state index contributed by atoms with van der Waals surface area (Å²) in [5.41, 5.74) is 4.23. The molecule has 156 valence electrons. The number of anilines is 1. The Labute approximate surface area is 181 Å². The van der Waals surface area contributed by atoms with Gasteiger partial charge in [-0.1, -0.05) is 30.5 Å². The topological polar surface area (TPSA) is 65.2 Å². The van der Waals surface area contributed by atoms with Gasteiger partial charge in [0.05, 0.1) is 6.54 Å². The Kier molecular flexibility index (Phi) is 5.82. The Balaban J connectivity index is 1.65. The number of H-pyrrole nitrogens is 1. The molecule has 0 bridgehead atoms. The Bertz CT molecular complexity index is 1150. The van der Waals surface area contributed by atoms with Gasteiger partial charge in [0.2, 0.25) is 0 Å². The van der Waals surface area contributed by atoms with Gasteiger partial charge in [-0.2, -0.15) is 0 Å². The van der Waals surface area contributed by atoms with Gasteiger partial charge < -0.3 is 15.2 Å². The molecule has 2 aromatic carbocycles. The molecule has 1 aliphatic rings. The molecule has 5 nitrogen and oxygen atoms in total. The summed E-state index contributed by atoms with van der Waals surface area (Å²) in [7, 11) is 0. The fourth-order valence-electron chi connectivity index (χ4n) is 4.17. The molecule has 0 radical (unpaired) electrons. The highest BCUT2D eigenvalue weighted by Gasteiger charge is 2.27. The fraction of sp³-hybridized carbons (Fsp3) is 0.333. The number of aryl methyl sites for hydroxylation is 2. The summed E-state index contributed by atoms with van der Waals surface area (Å²) in [5.74, 6) is 0. The first-order valence-corrected chi connectivity index (χ1v) is 10.7. The smallest absolute Gasteiger partial charge is 0.322 e. The minimum absolute atomic E-state index is 0.124. The zero-order chi connectivity index (χ0) is 21.3. The molecule has 0 saturated heterocycles. The van der Waals surface area contributed by atoms with Crippen molar-refractivity contribution in [1.29, 1.82) is 0 Å². The standard InChI is InChI=1S/C24H26ClN3O2/c1-15-10-17-12-18(23(29)27-22(17)11-16(15)2)14-28(21-8-3-4-9-21)24(30)26-20-7-5-6-19(25)13-20/h5-7,10-13,21H,3-4,8-9,14H2,1-2H3,(H,26,30)(H,27,29). The lowest BCUT2D eigenvalue weighted by Crippen LogP contribution is -2.42. The SMILES string of the molecule is Cc1cc2cc(CN(C(=O)Nc3cccc(Cl)c3)C3CCCC3)c(=O)[nH]c2cc1C. The van der Waals surface area contributed by atoms with E-state index in [0.717, 1.165) is 42.1 Å². The number of nitrogens with zero attached hydrogens (tertiary/aromatic N) is 1. The van der Waals surface area contributed by atoms with Crippen LogP contribution in [0.15, 0.2) is 47.3 Å². The highest BCUT2D eigenvalue weighted by Crippen LogP contribution is 2.26. The van der Waals surface area contributed by atoms with Crippen LogP contribution in [0.3, 0.4) is 0 Å². The molecule has 1 fully saturated rings. The molecular weight excluding hydrogens is 398 g/mol. The average molecular weight is 424 g/mol. The second kappa shape index (κ2) is 8.52. The monoisotopic (exact) mass is 423 g/mol. The summed E-state index contributed by atoms with van der Waals surface area (Å²) < 4.78 is 0. The lowest BCUT2D eigenvalue weighted by atomic mass is 10.0. The number of fused-ring (bicyclic) bond motifs is 1. The summed E-state index contributed by atoms with van der Waals surface area (Å²) in [5, 5.41) is 4.49. The maximum atomic E-state index is 13.1. The number of hydrogen-bond acceptors (Lipinski definition) is 2. The second-order valence-corrected chi connectivity index (χ2v) is 8.59. The first kappa shape index (κ1) is 20.5. The van der Waals surface area contributed by atoms with Crippen LogP contribution in [-0.4, -0.2) is 22.0 Å². The minimum Gasteiger partial charge on any atom is -0.322 e. The van der Waals surface area contributed by atoms with E-state index in [1.807, 2.05) is 25.1 Å². The van der Waals surface area contributed by atoms with Crippen molar-refractivity contribution in [2.75, 3.05) is 5.32 Å². The van der Waals surface area contributed by atoms with Crippen molar-refractivity contribution in [3.05, 3.63) is 74.5 Å². The van der Waals surface area contributed by atoms with Crippen LogP contribution >= 0.6 is 11.6 Å². The Hall–Kier alpha value is -2.79. The Morgan fingerprint density at radius 3 is 2.60 bits per heavy atom. The number of nitrogens with one attached hydrogen (secondary N) is 2. The first-order chi connectivity index (χ1) is 14.4. The van der Waals surface area contributed by atoms with E-state index in [9.17, 15) is 9.59 Å². The molecule has 4 rings (SSSR count). The largest absolute Gasteiger partial charge is 0.322 e. The van der Waals surface area contributed by atoms with Gasteiger partial charge in [0, 0.05) is 27.8 Å². The summed E-state index contributed by atoms with van der Waals surface area (Å²) in [6.07, 6.45) is 4.09. The van der Waals surface area contributed by atoms with E-state index in [2.05, 4.69) is 23.3 Å². The van der Waals surface area contributed by atoms with Crippen LogP contribution in [0.1, 0.15) is 42.4 Å². The molecule has 0 atom stereocenters. The van der Waals surface area contributed by atoms with Gasteiger partial charge in [-0.25, -0.2) is 4.79 Å². The number of amides is 2. The number of rotatable bonds is 4. The molecule has 30 heavy (non-hydrogen) atoms. The van der Waals surface area contributed by atoms with Crippen LogP contribution in [0.2, 0.25) is 5.02 Å². The van der Waals surface area contributed by atoms with Crippen molar-refractivity contribution in [2.45, 2.75) is 52.1 Å². The summed E-state index contributed by atoms with van der Waals surface area (Å²) >= 11 is 6.05. The molecule has 1 aromatic heterocycles. The van der Waals surface area contributed by atoms with Crippen molar-refractivity contribution in [3.8, 4) is 0 Å². The molecule has 1 aliphatic carbocycles. The van der Waals surface area contributed by atoms with Gasteiger partial charge in [-0.05, 0) is 79.6 Å². The van der Waals surface area contributed by atoms with Crippen molar-refractivity contribution in [3.63, 3.8) is 0 Å². The molecule has 3 aromatic rings. The predicted molar refractivity (Wildman–Crippen MR) is 122 cm³/mol. The molecule has 2 N–H and O–H groups in total. The lowest BCUT2D eigenvalue weighted by molar-refractivity contribution is 0.184. The van der Waals surface area contributed by atoms with Gasteiger partial charge in [-0.3, -0.25) is 4.79 Å². The number of carbonyl (C=O) groups is 1. The lowest BCUT2D eigenvalue weighted by Gasteiger charge is -2.29. The number of pyridine rings is 1. The van der Waals surface area contributed by atoms with Crippen LogP contribution in [0.25, 0.3) is 10.9 Å². The van der Waals surface area contributed by atoms with Crippen LogP contribution in [0.5, 0.6) is 0 Å². The van der Waals surface area contributed by atoms with Crippen LogP contribution in [-0.2, 0) is 6.54 Å². The normalized spacial score (nSPS) is 14.2. The van der Waals surface area contributed by atoms with Crippen molar-refractivity contribution in [2.24, 2.45) is 0 Å². The van der Waals surface area contributed by atoms with E-state index >= 15 is 0 Å². The van der Waals surface area contributed by atoms with Gasteiger partial charge in [0.1, 0.15) is 0 Å². The van der Waals surface area contributed by atoms with E-state index in [0.29, 0.717) is 16.3 Å². The second-order valence-electron chi connectivity index (χ2n) is 8.15. The molecule has 2 amide bonds. The van der Waals surface area contributed by atoms with Crippen LogP contribution in [0.4, 0.5) is 10.5 Å². The van der Waals surface area contributed by atoms with Crippen molar-refractivity contribution < 1.29 is 4.79 Å². The summed E-state index contributed by atoms with van der Waals surface area (Å²) in [6.45, 7) is 4.36. The third kappa shape index (κ3) is 4.36. The average Bonchev–Trinajstić information content (AvgIpc) is 3.22. The third-order valence-electron chi connectivity index (χ3n) is 5.98. The quantitative estimate of drug-likeness (QED) is 0.559. The molecular formula is C24H26ClN3O2. The number of aromatic amines is 1. The zero-order valence-electron chi connectivity index (χ0n) is 17.3. The molecule has 6 heteroatoms. The van der Waals surface area contributed by atoms with Crippen LogP contribution < -0.4 is 10.9 Å². The van der Waals surface area contributed by atoms with E-state index in [1.165, 1.54) is 5.56 Å². The Morgan fingerprint density at radius 1 is 1.13 bits per heavy atom. The number of aromatic nitrogens is 1. The molecule has 0 spiro atoms. The molecule has 1 saturated carbocycles. The van der Waals surface area contributed by atoms with Gasteiger partial charge in [0.25, 0.3) is 5.56 Å².